The van der Waals surface area contributed by atoms with Crippen molar-refractivity contribution in [1.29, 1.82) is 0 Å². The Kier molecular flexibility index (Phi) is 6.43. The predicted octanol–water partition coefficient (Wildman–Crippen LogP) is 4.78. The Morgan fingerprint density at radius 1 is 0.781 bits per heavy atom. The van der Waals surface area contributed by atoms with Gasteiger partial charge >= 0.3 is 0 Å². The molecule has 3 N–H and O–H groups in total. The minimum absolute atomic E-state index is 0.202. The summed E-state index contributed by atoms with van der Waals surface area (Å²) in [6, 6.07) is 20.3. The van der Waals surface area contributed by atoms with E-state index in [1.165, 1.54) is 17.6 Å². The SMILES string of the molecule is O=C(Nc1ccccc1C(=O)NCc1ccco1)c1ccc(NC(=O)c2cccs2)cc1. The molecule has 4 aromatic rings. The van der Waals surface area contributed by atoms with Crippen molar-refractivity contribution in [1.82, 2.24) is 5.32 Å². The number of benzene rings is 2. The first-order valence-corrected chi connectivity index (χ1v) is 10.6. The summed E-state index contributed by atoms with van der Waals surface area (Å²) in [7, 11) is 0. The average molecular weight is 446 g/mol. The van der Waals surface area contributed by atoms with Gasteiger partial charge in [0.1, 0.15) is 5.76 Å². The van der Waals surface area contributed by atoms with Crippen molar-refractivity contribution in [3.05, 3.63) is 106 Å². The quantitative estimate of drug-likeness (QED) is 0.381. The van der Waals surface area contributed by atoms with Crippen molar-refractivity contribution < 1.29 is 18.8 Å². The van der Waals surface area contributed by atoms with Crippen LogP contribution in [0.2, 0.25) is 0 Å². The summed E-state index contributed by atoms with van der Waals surface area (Å²) in [5, 5.41) is 10.2. The third-order valence-electron chi connectivity index (χ3n) is 4.57. The number of para-hydroxylation sites is 1. The molecule has 160 valence electrons. The van der Waals surface area contributed by atoms with E-state index in [1.807, 2.05) is 11.4 Å². The van der Waals surface area contributed by atoms with Gasteiger partial charge in [-0.3, -0.25) is 14.4 Å². The van der Waals surface area contributed by atoms with Crippen LogP contribution in [-0.2, 0) is 6.54 Å². The van der Waals surface area contributed by atoms with E-state index in [0.717, 1.165) is 0 Å². The first kappa shape index (κ1) is 21.1. The van der Waals surface area contributed by atoms with Crippen LogP contribution >= 0.6 is 11.3 Å². The second kappa shape index (κ2) is 9.76. The van der Waals surface area contributed by atoms with E-state index in [2.05, 4.69) is 16.0 Å². The Labute approximate surface area is 188 Å². The lowest BCUT2D eigenvalue weighted by Crippen LogP contribution is -2.24. The van der Waals surface area contributed by atoms with Crippen LogP contribution in [0, 0.1) is 0 Å². The molecule has 0 aliphatic heterocycles. The van der Waals surface area contributed by atoms with Crippen LogP contribution < -0.4 is 16.0 Å². The largest absolute Gasteiger partial charge is 0.467 e. The van der Waals surface area contributed by atoms with Crippen LogP contribution in [0.5, 0.6) is 0 Å². The molecular weight excluding hydrogens is 426 g/mol. The van der Waals surface area contributed by atoms with Gasteiger partial charge in [0, 0.05) is 11.3 Å². The smallest absolute Gasteiger partial charge is 0.265 e. The van der Waals surface area contributed by atoms with Gasteiger partial charge in [0.25, 0.3) is 17.7 Å². The van der Waals surface area contributed by atoms with Gasteiger partial charge in [-0.25, -0.2) is 0 Å². The number of furan rings is 1. The summed E-state index contributed by atoms with van der Waals surface area (Å²) in [5.41, 5.74) is 1.71. The van der Waals surface area contributed by atoms with Gasteiger partial charge in [-0.15, -0.1) is 11.3 Å². The highest BCUT2D eigenvalue weighted by atomic mass is 32.1. The molecule has 8 heteroatoms. The predicted molar refractivity (Wildman–Crippen MR) is 123 cm³/mol. The molecule has 0 bridgehead atoms. The number of carbonyl (C=O) groups excluding carboxylic acids is 3. The molecular formula is C24H19N3O4S. The third kappa shape index (κ3) is 5.11. The Morgan fingerprint density at radius 3 is 2.31 bits per heavy atom. The molecule has 2 heterocycles. The fraction of sp³-hybridized carbons (Fsp3) is 0.0417. The van der Waals surface area contributed by atoms with E-state index in [-0.39, 0.29) is 24.3 Å². The third-order valence-corrected chi connectivity index (χ3v) is 5.44. The standard InChI is InChI=1S/C24H19N3O4S/c28-22(16-9-11-17(12-10-16)26-24(30)21-8-4-14-32-21)27-20-7-2-1-6-19(20)23(29)25-15-18-5-3-13-31-18/h1-14H,15H2,(H,25,29)(H,26,30)(H,27,28). The molecule has 2 aromatic carbocycles. The van der Waals surface area contributed by atoms with Crippen LogP contribution in [0.4, 0.5) is 11.4 Å². The maximum absolute atomic E-state index is 12.7. The zero-order chi connectivity index (χ0) is 22.3. The van der Waals surface area contributed by atoms with Gasteiger partial charge < -0.3 is 20.4 Å². The van der Waals surface area contributed by atoms with E-state index < -0.39 is 0 Å². The van der Waals surface area contributed by atoms with Crippen LogP contribution in [0.1, 0.15) is 36.1 Å². The topological polar surface area (TPSA) is 100 Å². The lowest BCUT2D eigenvalue weighted by Gasteiger charge is -2.11. The van der Waals surface area contributed by atoms with Gasteiger partial charge in [-0.1, -0.05) is 18.2 Å². The van der Waals surface area contributed by atoms with Crippen LogP contribution in [-0.4, -0.2) is 17.7 Å². The molecule has 0 fully saturated rings. The van der Waals surface area contributed by atoms with E-state index in [4.69, 9.17) is 4.42 Å². The lowest BCUT2D eigenvalue weighted by molar-refractivity contribution is 0.0948. The monoisotopic (exact) mass is 445 g/mol. The van der Waals surface area contributed by atoms with Crippen molar-refractivity contribution in [3.8, 4) is 0 Å². The molecule has 32 heavy (non-hydrogen) atoms. The van der Waals surface area contributed by atoms with Gasteiger partial charge in [0.2, 0.25) is 0 Å². The summed E-state index contributed by atoms with van der Waals surface area (Å²) in [5.74, 6) is -0.269. The van der Waals surface area contributed by atoms with Crippen molar-refractivity contribution in [3.63, 3.8) is 0 Å². The van der Waals surface area contributed by atoms with Gasteiger partial charge in [-0.2, -0.15) is 0 Å². The minimum Gasteiger partial charge on any atom is -0.467 e. The molecule has 2 aromatic heterocycles. The molecule has 0 spiro atoms. The van der Waals surface area contributed by atoms with Crippen LogP contribution in [0.25, 0.3) is 0 Å². The lowest BCUT2D eigenvalue weighted by atomic mass is 10.1. The second-order valence-electron chi connectivity index (χ2n) is 6.77. The van der Waals surface area contributed by atoms with E-state index in [9.17, 15) is 14.4 Å². The fourth-order valence-electron chi connectivity index (χ4n) is 2.97. The van der Waals surface area contributed by atoms with Gasteiger partial charge in [-0.05, 0) is 60.0 Å². The Morgan fingerprint density at radius 2 is 1.59 bits per heavy atom. The molecule has 0 saturated carbocycles. The molecule has 3 amide bonds. The van der Waals surface area contributed by atoms with Crippen LogP contribution in [0.3, 0.4) is 0 Å². The molecule has 7 nitrogen and oxygen atoms in total. The summed E-state index contributed by atoms with van der Waals surface area (Å²) in [4.78, 5) is 38.0. The Bertz CT molecular complexity index is 1220. The molecule has 0 aliphatic carbocycles. The molecule has 0 atom stereocenters. The molecule has 0 saturated heterocycles. The van der Waals surface area contributed by atoms with Gasteiger partial charge in [0.05, 0.1) is 28.9 Å². The Balaban J connectivity index is 1.40. The number of hydrogen-bond donors (Lipinski definition) is 3. The maximum atomic E-state index is 12.7. The summed E-state index contributed by atoms with van der Waals surface area (Å²) < 4.78 is 5.22. The summed E-state index contributed by atoms with van der Waals surface area (Å²) >= 11 is 1.35. The van der Waals surface area contributed by atoms with Crippen molar-refractivity contribution in [2.45, 2.75) is 6.54 Å². The summed E-state index contributed by atoms with van der Waals surface area (Å²) in [6.45, 7) is 0.243. The number of thiophene rings is 1. The summed E-state index contributed by atoms with van der Waals surface area (Å²) in [6.07, 6.45) is 1.54. The molecule has 0 unspecified atom stereocenters. The maximum Gasteiger partial charge on any atom is 0.265 e. The number of rotatable bonds is 7. The number of amides is 3. The fourth-order valence-corrected chi connectivity index (χ4v) is 3.58. The van der Waals surface area contributed by atoms with Crippen molar-refractivity contribution in [2.24, 2.45) is 0 Å². The van der Waals surface area contributed by atoms with Crippen LogP contribution in [0.15, 0.2) is 88.9 Å². The van der Waals surface area contributed by atoms with Gasteiger partial charge in [0.15, 0.2) is 0 Å². The molecule has 0 radical (unpaired) electrons. The first-order chi connectivity index (χ1) is 15.6. The number of carbonyl (C=O) groups is 3. The van der Waals surface area contributed by atoms with E-state index >= 15 is 0 Å². The molecule has 0 aliphatic rings. The number of anilines is 2. The normalized spacial score (nSPS) is 10.4. The Hall–Kier alpha value is -4.17. The highest BCUT2D eigenvalue weighted by Crippen LogP contribution is 2.18. The zero-order valence-electron chi connectivity index (χ0n) is 16.8. The minimum atomic E-state index is -0.368. The molecule has 4 rings (SSSR count). The van der Waals surface area contributed by atoms with E-state index in [0.29, 0.717) is 33.1 Å². The highest BCUT2D eigenvalue weighted by Gasteiger charge is 2.15. The second-order valence-corrected chi connectivity index (χ2v) is 7.72. The number of nitrogens with one attached hydrogen (secondary N) is 3. The van der Waals surface area contributed by atoms with Crippen molar-refractivity contribution in [2.75, 3.05) is 10.6 Å². The first-order valence-electron chi connectivity index (χ1n) is 9.76. The van der Waals surface area contributed by atoms with E-state index in [1.54, 1.807) is 66.7 Å². The average Bonchev–Trinajstić information content (AvgIpc) is 3.53. The van der Waals surface area contributed by atoms with Crippen molar-refractivity contribution >= 4 is 40.4 Å². The highest BCUT2D eigenvalue weighted by molar-refractivity contribution is 7.12. The number of hydrogen-bond acceptors (Lipinski definition) is 5. The zero-order valence-corrected chi connectivity index (χ0v) is 17.6.